The van der Waals surface area contributed by atoms with Crippen molar-refractivity contribution in [1.29, 1.82) is 0 Å². The lowest BCUT2D eigenvalue weighted by Gasteiger charge is -2.16. The van der Waals surface area contributed by atoms with Gasteiger partial charge in [0.15, 0.2) is 17.5 Å². The summed E-state index contributed by atoms with van der Waals surface area (Å²) in [4.78, 5) is 15.8. The van der Waals surface area contributed by atoms with Crippen LogP contribution in [-0.4, -0.2) is 19.5 Å². The molecule has 55 heavy (non-hydrogen) atoms. The maximum atomic E-state index is 5.37. The predicted octanol–water partition coefficient (Wildman–Crippen LogP) is 13.1. The zero-order chi connectivity index (χ0) is 36.0. The van der Waals surface area contributed by atoms with Crippen LogP contribution in [0.5, 0.6) is 0 Å². The highest BCUT2D eigenvalue weighted by atomic mass is 32.1. The highest BCUT2D eigenvalue weighted by molar-refractivity contribution is 7.25. The molecule has 0 aliphatic heterocycles. The Labute approximate surface area is 320 Å². The standard InChI is InChI=1S/C50H30N4S/c1-2-12-30(13-3-1)48-51-49(34-22-23-47-42(26-34)38-19-9-11-21-46(38)55-47)53-50(52-48)43-29-35(28-40-36-17-7-6-16-33(36)25-39(40)43)54-44-20-10-8-18-37(44)41-24-31-14-4-5-15-32(31)27-45(41)54/h1-24,26-29H,25H2. The van der Waals surface area contributed by atoms with Crippen molar-refractivity contribution in [2.24, 2.45) is 0 Å². The van der Waals surface area contributed by atoms with Crippen LogP contribution in [0.3, 0.4) is 0 Å². The highest BCUT2D eigenvalue weighted by Crippen LogP contribution is 2.45. The second-order valence-electron chi connectivity index (χ2n) is 14.4. The molecule has 0 unspecified atom stereocenters. The Morgan fingerprint density at radius 3 is 1.98 bits per heavy atom. The molecule has 0 atom stereocenters. The molecular formula is C50H30N4S. The molecule has 0 spiro atoms. The van der Waals surface area contributed by atoms with Crippen molar-refractivity contribution < 1.29 is 0 Å². The summed E-state index contributed by atoms with van der Waals surface area (Å²) in [6.07, 6.45) is 0.813. The molecule has 256 valence electrons. The quantitative estimate of drug-likeness (QED) is 0.182. The third-order valence-electron chi connectivity index (χ3n) is 11.3. The minimum Gasteiger partial charge on any atom is -0.309 e. The van der Waals surface area contributed by atoms with Gasteiger partial charge < -0.3 is 4.57 Å². The van der Waals surface area contributed by atoms with Crippen LogP contribution in [0.4, 0.5) is 0 Å². The fraction of sp³-hybridized carbons (Fsp3) is 0.0200. The van der Waals surface area contributed by atoms with E-state index in [0.717, 1.165) is 28.8 Å². The lowest BCUT2D eigenvalue weighted by molar-refractivity contribution is 1.06. The molecule has 0 fully saturated rings. The Balaban J connectivity index is 1.15. The van der Waals surface area contributed by atoms with E-state index in [1.54, 1.807) is 0 Å². The summed E-state index contributed by atoms with van der Waals surface area (Å²) in [5, 5.41) is 7.40. The Morgan fingerprint density at radius 1 is 0.418 bits per heavy atom. The largest absolute Gasteiger partial charge is 0.309 e. The van der Waals surface area contributed by atoms with Crippen molar-refractivity contribution in [3.8, 4) is 51.0 Å². The fourth-order valence-electron chi connectivity index (χ4n) is 8.68. The summed E-state index contributed by atoms with van der Waals surface area (Å²) in [6, 6.07) is 61.1. The van der Waals surface area contributed by atoms with Crippen molar-refractivity contribution in [3.05, 3.63) is 181 Å². The molecule has 11 aromatic rings. The number of para-hydroxylation sites is 1. The number of fused-ring (bicyclic) bond motifs is 10. The van der Waals surface area contributed by atoms with E-state index < -0.39 is 0 Å². The SMILES string of the molecule is c1ccc(-c2nc(-c3ccc4sc5ccccc5c4c3)nc(-c3cc(-n4c5ccccc5c5cc6ccccc6cc54)cc4c3Cc3ccccc3-4)n2)cc1. The van der Waals surface area contributed by atoms with Crippen molar-refractivity contribution in [2.75, 3.05) is 0 Å². The number of benzene rings is 8. The first kappa shape index (κ1) is 30.5. The minimum atomic E-state index is 0.661. The van der Waals surface area contributed by atoms with Gasteiger partial charge in [-0.3, -0.25) is 0 Å². The monoisotopic (exact) mass is 718 g/mol. The maximum Gasteiger partial charge on any atom is 0.164 e. The molecule has 0 amide bonds. The van der Waals surface area contributed by atoms with E-state index in [4.69, 9.17) is 15.0 Å². The molecule has 1 aliphatic carbocycles. The smallest absolute Gasteiger partial charge is 0.164 e. The predicted molar refractivity (Wildman–Crippen MR) is 229 cm³/mol. The Kier molecular flexibility index (Phi) is 6.53. The first-order valence-corrected chi connectivity index (χ1v) is 19.5. The summed E-state index contributed by atoms with van der Waals surface area (Å²) in [6.45, 7) is 0. The Morgan fingerprint density at radius 2 is 1.09 bits per heavy atom. The van der Waals surface area contributed by atoms with E-state index in [-0.39, 0.29) is 0 Å². The second-order valence-corrected chi connectivity index (χ2v) is 15.5. The van der Waals surface area contributed by atoms with Crippen LogP contribution in [0.15, 0.2) is 170 Å². The van der Waals surface area contributed by atoms with Gasteiger partial charge in [-0.15, -0.1) is 11.3 Å². The normalized spacial score (nSPS) is 12.3. The van der Waals surface area contributed by atoms with E-state index in [1.807, 2.05) is 29.5 Å². The van der Waals surface area contributed by atoms with Crippen molar-refractivity contribution in [2.45, 2.75) is 6.42 Å². The average Bonchev–Trinajstić information content (AvgIpc) is 3.92. The lowest BCUT2D eigenvalue weighted by atomic mass is 9.98. The first-order valence-electron chi connectivity index (χ1n) is 18.6. The molecule has 8 aromatic carbocycles. The van der Waals surface area contributed by atoms with E-state index >= 15 is 0 Å². The maximum absolute atomic E-state index is 5.37. The number of rotatable bonds is 4. The molecule has 1 aliphatic rings. The molecule has 0 radical (unpaired) electrons. The molecule has 3 aromatic heterocycles. The minimum absolute atomic E-state index is 0.661. The summed E-state index contributed by atoms with van der Waals surface area (Å²) >= 11 is 1.82. The summed E-state index contributed by atoms with van der Waals surface area (Å²) in [7, 11) is 0. The molecule has 0 saturated heterocycles. The van der Waals surface area contributed by atoms with Crippen LogP contribution in [0.1, 0.15) is 11.1 Å². The number of nitrogens with zero attached hydrogens (tertiary/aromatic N) is 4. The first-order chi connectivity index (χ1) is 27.2. The van der Waals surface area contributed by atoms with Crippen LogP contribution in [0, 0.1) is 0 Å². The molecule has 0 saturated carbocycles. The molecule has 0 N–H and O–H groups in total. The summed E-state index contributed by atoms with van der Waals surface area (Å²) in [5.74, 6) is 2.00. The number of hydrogen-bond acceptors (Lipinski definition) is 4. The van der Waals surface area contributed by atoms with Gasteiger partial charge in [0.25, 0.3) is 0 Å². The molecular weight excluding hydrogens is 689 g/mol. The van der Waals surface area contributed by atoms with Crippen LogP contribution >= 0.6 is 11.3 Å². The zero-order valence-corrected chi connectivity index (χ0v) is 30.4. The van der Waals surface area contributed by atoms with Crippen LogP contribution in [-0.2, 0) is 6.42 Å². The van der Waals surface area contributed by atoms with Gasteiger partial charge in [-0.1, -0.05) is 115 Å². The van der Waals surface area contributed by atoms with E-state index in [9.17, 15) is 0 Å². The Hall–Kier alpha value is -6.95. The van der Waals surface area contributed by atoms with E-state index in [0.29, 0.717) is 17.5 Å². The zero-order valence-electron chi connectivity index (χ0n) is 29.6. The topological polar surface area (TPSA) is 43.6 Å². The van der Waals surface area contributed by atoms with Crippen LogP contribution in [0.25, 0.3) is 104 Å². The summed E-state index contributed by atoms with van der Waals surface area (Å²) < 4.78 is 4.96. The highest BCUT2D eigenvalue weighted by Gasteiger charge is 2.26. The van der Waals surface area contributed by atoms with Crippen LogP contribution in [0.2, 0.25) is 0 Å². The van der Waals surface area contributed by atoms with Gasteiger partial charge in [0, 0.05) is 53.3 Å². The average molecular weight is 719 g/mol. The van der Waals surface area contributed by atoms with Gasteiger partial charge in [-0.05, 0) is 94.0 Å². The van der Waals surface area contributed by atoms with Gasteiger partial charge in [-0.25, -0.2) is 15.0 Å². The third-order valence-corrected chi connectivity index (χ3v) is 12.4. The van der Waals surface area contributed by atoms with Gasteiger partial charge in [-0.2, -0.15) is 0 Å². The Bertz CT molecular complexity index is 3360. The molecule has 5 heteroatoms. The van der Waals surface area contributed by atoms with E-state index in [2.05, 4.69) is 156 Å². The molecule has 12 rings (SSSR count). The third kappa shape index (κ3) is 4.73. The molecule has 3 heterocycles. The van der Waals surface area contributed by atoms with E-state index in [1.165, 1.54) is 75.0 Å². The van der Waals surface area contributed by atoms with Crippen molar-refractivity contribution in [1.82, 2.24) is 19.5 Å². The second kappa shape index (κ2) is 11.8. The van der Waals surface area contributed by atoms with Gasteiger partial charge in [0.05, 0.1) is 11.0 Å². The van der Waals surface area contributed by atoms with Crippen molar-refractivity contribution >= 4 is 64.1 Å². The lowest BCUT2D eigenvalue weighted by Crippen LogP contribution is -2.03. The van der Waals surface area contributed by atoms with Crippen LogP contribution < -0.4 is 0 Å². The van der Waals surface area contributed by atoms with Gasteiger partial charge in [0.1, 0.15) is 0 Å². The number of aromatic nitrogens is 4. The molecule has 0 bridgehead atoms. The molecule has 4 nitrogen and oxygen atoms in total. The van der Waals surface area contributed by atoms with Gasteiger partial charge >= 0.3 is 0 Å². The number of hydrogen-bond donors (Lipinski definition) is 0. The van der Waals surface area contributed by atoms with Crippen molar-refractivity contribution in [3.63, 3.8) is 0 Å². The summed E-state index contributed by atoms with van der Waals surface area (Å²) in [5.41, 5.74) is 11.4. The van der Waals surface area contributed by atoms with Gasteiger partial charge in [0.2, 0.25) is 0 Å². The number of thiophene rings is 1. The fourth-order valence-corrected chi connectivity index (χ4v) is 9.77.